The van der Waals surface area contributed by atoms with E-state index in [-0.39, 0.29) is 5.03 Å². The summed E-state index contributed by atoms with van der Waals surface area (Å²) < 4.78 is 23.8. The first-order valence-electron chi connectivity index (χ1n) is 3.66. The van der Waals surface area contributed by atoms with Gasteiger partial charge in [0.1, 0.15) is 3.70 Å². The monoisotopic (exact) mass is 312 g/mol. The number of hydrogen-bond acceptors (Lipinski definition) is 4. The lowest BCUT2D eigenvalue weighted by atomic mass is 10.6. The number of sulfone groups is 1. The van der Waals surface area contributed by atoms with Crippen molar-refractivity contribution in [2.24, 2.45) is 0 Å². The third-order valence-corrected chi connectivity index (χ3v) is 4.10. The van der Waals surface area contributed by atoms with Crippen LogP contribution in [0.2, 0.25) is 0 Å². The Morgan fingerprint density at radius 2 is 1.92 bits per heavy atom. The minimum Gasteiger partial charge on any atom is -0.246 e. The Labute approximate surface area is 90.9 Å². The van der Waals surface area contributed by atoms with Gasteiger partial charge < -0.3 is 0 Å². The van der Waals surface area contributed by atoms with Crippen LogP contribution in [0.15, 0.2) is 17.4 Å². The molecule has 1 aromatic rings. The number of hydrogen-bond donors (Lipinski definition) is 0. The molecule has 1 heterocycles. The lowest BCUT2D eigenvalue weighted by Crippen LogP contribution is -2.15. The molecule has 0 aliphatic heterocycles. The van der Waals surface area contributed by atoms with Gasteiger partial charge in [0.2, 0.25) is 0 Å². The summed E-state index contributed by atoms with van der Waals surface area (Å²) in [7, 11) is -3.27. The van der Waals surface area contributed by atoms with Crippen molar-refractivity contribution in [1.82, 2.24) is 9.97 Å². The van der Waals surface area contributed by atoms with Crippen molar-refractivity contribution in [2.75, 3.05) is 0 Å². The molecular weight excluding hydrogens is 303 g/mol. The zero-order valence-corrected chi connectivity index (χ0v) is 10.2. The van der Waals surface area contributed by atoms with Gasteiger partial charge in [-0.15, -0.1) is 0 Å². The van der Waals surface area contributed by atoms with Crippen LogP contribution < -0.4 is 0 Å². The van der Waals surface area contributed by atoms with Crippen molar-refractivity contribution in [1.29, 1.82) is 0 Å². The van der Waals surface area contributed by atoms with Gasteiger partial charge in [0.15, 0.2) is 14.9 Å². The Balaban J connectivity index is 3.17. The van der Waals surface area contributed by atoms with Crippen LogP contribution in [0.4, 0.5) is 0 Å². The summed E-state index contributed by atoms with van der Waals surface area (Å²) in [5.74, 6) is 0. The van der Waals surface area contributed by atoms with E-state index in [2.05, 4.69) is 9.97 Å². The van der Waals surface area contributed by atoms with Gasteiger partial charge in [-0.25, -0.2) is 18.4 Å². The Bertz CT molecular complexity index is 385. The van der Waals surface area contributed by atoms with Crippen LogP contribution >= 0.6 is 22.6 Å². The van der Waals surface area contributed by atoms with Gasteiger partial charge >= 0.3 is 0 Å². The summed E-state index contributed by atoms with van der Waals surface area (Å²) in [4.78, 5) is 7.69. The summed E-state index contributed by atoms with van der Waals surface area (Å²) in [5, 5.41) is -0.412. The zero-order valence-electron chi connectivity index (χ0n) is 7.23. The molecule has 0 bridgehead atoms. The number of halogens is 1. The molecule has 0 unspecified atom stereocenters. The smallest absolute Gasteiger partial charge is 0.199 e. The predicted octanol–water partition coefficient (Wildman–Crippen LogP) is 1.26. The summed E-state index contributed by atoms with van der Waals surface area (Å²) in [5.41, 5.74) is 0. The average molecular weight is 312 g/mol. The fourth-order valence-electron chi connectivity index (χ4n) is 0.689. The quantitative estimate of drug-likeness (QED) is 0.772. The van der Waals surface area contributed by atoms with E-state index in [1.54, 1.807) is 13.8 Å². The highest BCUT2D eigenvalue weighted by molar-refractivity contribution is 14.1. The molecule has 13 heavy (non-hydrogen) atoms. The standard InChI is InChI=1S/C7H9IN2O2S/c1-5(2)13(11,12)7-4-9-6(8)3-10-7/h3-5H,1-2H3. The van der Waals surface area contributed by atoms with Gasteiger partial charge in [-0.05, 0) is 36.4 Å². The van der Waals surface area contributed by atoms with E-state index in [4.69, 9.17) is 0 Å². The SMILES string of the molecule is CC(C)S(=O)(=O)c1cnc(I)cn1. The van der Waals surface area contributed by atoms with Crippen LogP contribution in [-0.2, 0) is 9.84 Å². The van der Waals surface area contributed by atoms with Crippen molar-refractivity contribution in [2.45, 2.75) is 24.1 Å². The molecular formula is C7H9IN2O2S. The molecule has 72 valence electrons. The molecule has 0 amide bonds. The van der Waals surface area contributed by atoms with Gasteiger partial charge in [0.05, 0.1) is 17.6 Å². The number of rotatable bonds is 2. The van der Waals surface area contributed by atoms with E-state index < -0.39 is 15.1 Å². The maximum Gasteiger partial charge on any atom is 0.199 e. The van der Waals surface area contributed by atoms with Crippen LogP contribution in [0.25, 0.3) is 0 Å². The fourth-order valence-corrected chi connectivity index (χ4v) is 1.85. The predicted molar refractivity (Wildman–Crippen MR) is 57.1 cm³/mol. The van der Waals surface area contributed by atoms with E-state index in [1.165, 1.54) is 12.4 Å². The normalized spacial score (nSPS) is 12.0. The molecule has 0 aliphatic carbocycles. The minimum atomic E-state index is -3.27. The second kappa shape index (κ2) is 3.87. The largest absolute Gasteiger partial charge is 0.246 e. The number of nitrogens with zero attached hydrogens (tertiary/aromatic N) is 2. The minimum absolute atomic E-state index is 0.0444. The molecule has 1 aromatic heterocycles. The van der Waals surface area contributed by atoms with Gasteiger partial charge in [0.25, 0.3) is 0 Å². The topological polar surface area (TPSA) is 59.9 Å². The van der Waals surface area contributed by atoms with Crippen LogP contribution in [-0.4, -0.2) is 23.6 Å². The summed E-state index contributed by atoms with van der Waals surface area (Å²) >= 11 is 1.97. The molecule has 1 rings (SSSR count). The van der Waals surface area contributed by atoms with Gasteiger partial charge in [-0.2, -0.15) is 0 Å². The molecule has 6 heteroatoms. The molecule has 0 N–H and O–H groups in total. The molecule has 0 spiro atoms. The van der Waals surface area contributed by atoms with E-state index >= 15 is 0 Å². The Morgan fingerprint density at radius 1 is 1.31 bits per heavy atom. The molecule has 0 radical (unpaired) electrons. The van der Waals surface area contributed by atoms with Crippen molar-refractivity contribution in [3.05, 3.63) is 16.1 Å². The maximum absolute atomic E-state index is 11.5. The second-order valence-electron chi connectivity index (χ2n) is 2.77. The lowest BCUT2D eigenvalue weighted by Gasteiger charge is -2.05. The molecule has 0 atom stereocenters. The summed E-state index contributed by atoms with van der Waals surface area (Å²) in [6, 6.07) is 0. The molecule has 0 saturated heterocycles. The van der Waals surface area contributed by atoms with Gasteiger partial charge in [-0.3, -0.25) is 0 Å². The highest BCUT2D eigenvalue weighted by atomic mass is 127. The second-order valence-corrected chi connectivity index (χ2v) is 6.33. The number of aromatic nitrogens is 2. The molecule has 0 fully saturated rings. The lowest BCUT2D eigenvalue weighted by molar-refractivity contribution is 0.582. The molecule has 0 aromatic carbocycles. The van der Waals surface area contributed by atoms with Crippen molar-refractivity contribution in [3.63, 3.8) is 0 Å². The van der Waals surface area contributed by atoms with Crippen LogP contribution in [0.3, 0.4) is 0 Å². The fraction of sp³-hybridized carbons (Fsp3) is 0.429. The van der Waals surface area contributed by atoms with Crippen molar-refractivity contribution < 1.29 is 8.42 Å². The Hall–Kier alpha value is -0.240. The van der Waals surface area contributed by atoms with Gasteiger partial charge in [-0.1, -0.05) is 0 Å². The first-order chi connectivity index (χ1) is 5.94. The first-order valence-corrected chi connectivity index (χ1v) is 6.28. The summed E-state index contributed by atoms with van der Waals surface area (Å²) in [6.07, 6.45) is 2.73. The summed E-state index contributed by atoms with van der Waals surface area (Å²) in [6.45, 7) is 3.24. The van der Waals surface area contributed by atoms with E-state index in [1.807, 2.05) is 22.6 Å². The highest BCUT2D eigenvalue weighted by Crippen LogP contribution is 2.12. The van der Waals surface area contributed by atoms with Crippen molar-refractivity contribution in [3.8, 4) is 0 Å². The molecule has 4 nitrogen and oxygen atoms in total. The molecule has 0 saturated carbocycles. The third-order valence-electron chi connectivity index (χ3n) is 1.51. The third kappa shape index (κ3) is 2.37. The Kier molecular flexibility index (Phi) is 3.23. The Morgan fingerprint density at radius 3 is 2.31 bits per heavy atom. The van der Waals surface area contributed by atoms with Gasteiger partial charge in [0, 0.05) is 0 Å². The average Bonchev–Trinajstić information content (AvgIpc) is 2.04. The van der Waals surface area contributed by atoms with Crippen LogP contribution in [0.5, 0.6) is 0 Å². The van der Waals surface area contributed by atoms with E-state index in [0.717, 1.165) is 0 Å². The van der Waals surface area contributed by atoms with Crippen LogP contribution in [0.1, 0.15) is 13.8 Å². The maximum atomic E-state index is 11.5. The van der Waals surface area contributed by atoms with Crippen molar-refractivity contribution >= 4 is 32.4 Å². The van der Waals surface area contributed by atoms with E-state index in [0.29, 0.717) is 3.70 Å². The highest BCUT2D eigenvalue weighted by Gasteiger charge is 2.20. The van der Waals surface area contributed by atoms with Crippen LogP contribution in [0, 0.1) is 3.70 Å². The van der Waals surface area contributed by atoms with E-state index in [9.17, 15) is 8.42 Å². The zero-order chi connectivity index (χ0) is 10.1. The first kappa shape index (κ1) is 10.8. The molecule has 0 aliphatic rings.